The molecule has 0 aliphatic carbocycles. The average molecular weight is 375 g/mol. The molecule has 1 heterocycles. The molecule has 2 N–H and O–H groups in total. The van der Waals surface area contributed by atoms with Gasteiger partial charge in [0.05, 0.1) is 6.61 Å². The molecule has 2 atom stereocenters. The zero-order valence-electron chi connectivity index (χ0n) is 17.8. The Kier molecular flexibility index (Phi) is 8.58. The predicted molar refractivity (Wildman–Crippen MR) is 114 cm³/mol. The highest BCUT2D eigenvalue weighted by Crippen LogP contribution is 2.22. The molecule has 0 saturated carbocycles. The van der Waals surface area contributed by atoms with Crippen molar-refractivity contribution in [3.8, 4) is 0 Å². The Labute approximate surface area is 165 Å². The van der Waals surface area contributed by atoms with Crippen LogP contribution in [0, 0.1) is 5.92 Å². The molecule has 0 radical (unpaired) electrons. The number of nitrogens with one attached hydrogen (secondary N) is 2. The first kappa shape index (κ1) is 21.7. The van der Waals surface area contributed by atoms with Gasteiger partial charge in [-0.3, -0.25) is 4.99 Å². The molecule has 1 saturated heterocycles. The van der Waals surface area contributed by atoms with Crippen molar-refractivity contribution in [2.24, 2.45) is 10.9 Å². The third-order valence-corrected chi connectivity index (χ3v) is 5.96. The van der Waals surface area contributed by atoms with Crippen LogP contribution < -0.4 is 10.6 Å². The van der Waals surface area contributed by atoms with Crippen LogP contribution in [0.2, 0.25) is 0 Å². The highest BCUT2D eigenvalue weighted by atomic mass is 16.5. The lowest BCUT2D eigenvalue weighted by Crippen LogP contribution is -2.55. The van der Waals surface area contributed by atoms with E-state index in [4.69, 9.17) is 4.74 Å². The summed E-state index contributed by atoms with van der Waals surface area (Å²) in [6.07, 6.45) is 3.30. The van der Waals surface area contributed by atoms with Crippen molar-refractivity contribution in [2.45, 2.75) is 51.6 Å². The summed E-state index contributed by atoms with van der Waals surface area (Å²) in [6, 6.07) is 11.0. The van der Waals surface area contributed by atoms with Gasteiger partial charge in [-0.25, -0.2) is 0 Å². The van der Waals surface area contributed by atoms with Gasteiger partial charge in [0.1, 0.15) is 0 Å². The van der Waals surface area contributed by atoms with Crippen molar-refractivity contribution < 1.29 is 4.74 Å². The monoisotopic (exact) mass is 374 g/mol. The predicted octanol–water partition coefficient (Wildman–Crippen LogP) is 3.44. The SMILES string of the molecule is CCC(CC)(CNC(=NC)N1CCC(COC)C1)NC(C)c1ccccc1. The standard InChI is InChI=1S/C22H38N4O/c1-6-22(7-2,25-18(3)20-11-9-8-10-12-20)17-24-21(23-4)26-14-13-19(15-26)16-27-5/h8-12,18-19,25H,6-7,13-17H2,1-5H3,(H,23,24). The van der Waals surface area contributed by atoms with Crippen LogP contribution in [0.25, 0.3) is 0 Å². The maximum absolute atomic E-state index is 5.33. The van der Waals surface area contributed by atoms with Crippen molar-refractivity contribution in [3.63, 3.8) is 0 Å². The Bertz CT molecular complexity index is 571. The molecular weight excluding hydrogens is 336 g/mol. The van der Waals surface area contributed by atoms with Crippen molar-refractivity contribution in [2.75, 3.05) is 40.4 Å². The maximum Gasteiger partial charge on any atom is 0.193 e. The second-order valence-corrected chi connectivity index (χ2v) is 7.72. The summed E-state index contributed by atoms with van der Waals surface area (Å²) < 4.78 is 5.33. The third-order valence-electron chi connectivity index (χ3n) is 5.96. The number of nitrogens with zero attached hydrogens (tertiary/aromatic N) is 2. The van der Waals surface area contributed by atoms with Gasteiger partial charge in [-0.05, 0) is 31.7 Å². The zero-order valence-corrected chi connectivity index (χ0v) is 17.8. The van der Waals surface area contributed by atoms with Gasteiger partial charge in [-0.2, -0.15) is 0 Å². The number of likely N-dealkylation sites (tertiary alicyclic amines) is 1. The zero-order chi connectivity index (χ0) is 19.7. The first-order valence-corrected chi connectivity index (χ1v) is 10.3. The lowest BCUT2D eigenvalue weighted by atomic mass is 9.90. The average Bonchev–Trinajstić information content (AvgIpc) is 3.17. The summed E-state index contributed by atoms with van der Waals surface area (Å²) in [5.41, 5.74) is 1.37. The van der Waals surface area contributed by atoms with E-state index in [-0.39, 0.29) is 5.54 Å². The normalized spacial score (nSPS) is 19.4. The summed E-state index contributed by atoms with van der Waals surface area (Å²) >= 11 is 0. The maximum atomic E-state index is 5.33. The van der Waals surface area contributed by atoms with E-state index in [9.17, 15) is 0 Å². The van der Waals surface area contributed by atoms with Crippen LogP contribution in [-0.2, 0) is 4.74 Å². The van der Waals surface area contributed by atoms with Crippen LogP contribution in [0.3, 0.4) is 0 Å². The molecule has 1 fully saturated rings. The highest BCUT2D eigenvalue weighted by molar-refractivity contribution is 5.80. The quantitative estimate of drug-likeness (QED) is 0.513. The van der Waals surface area contributed by atoms with E-state index in [0.717, 1.165) is 45.0 Å². The summed E-state index contributed by atoms with van der Waals surface area (Å²) in [7, 11) is 3.66. The van der Waals surface area contributed by atoms with Crippen LogP contribution in [0.5, 0.6) is 0 Å². The second-order valence-electron chi connectivity index (χ2n) is 7.72. The first-order chi connectivity index (χ1) is 13.1. The van der Waals surface area contributed by atoms with Crippen LogP contribution in [0.15, 0.2) is 35.3 Å². The van der Waals surface area contributed by atoms with E-state index in [1.54, 1.807) is 7.11 Å². The number of benzene rings is 1. The number of methoxy groups -OCH3 is 1. The van der Waals surface area contributed by atoms with E-state index in [1.165, 1.54) is 12.0 Å². The minimum atomic E-state index is 0.0385. The minimum absolute atomic E-state index is 0.0385. The molecular formula is C22H38N4O. The molecule has 1 aromatic carbocycles. The fourth-order valence-electron chi connectivity index (χ4n) is 4.02. The fraction of sp³-hybridized carbons (Fsp3) is 0.682. The molecule has 2 unspecified atom stereocenters. The Balaban J connectivity index is 1.98. The molecule has 1 aromatic rings. The van der Waals surface area contributed by atoms with Crippen LogP contribution in [0.4, 0.5) is 0 Å². The molecule has 27 heavy (non-hydrogen) atoms. The third kappa shape index (κ3) is 5.94. The highest BCUT2D eigenvalue weighted by Gasteiger charge is 2.30. The smallest absolute Gasteiger partial charge is 0.193 e. The molecule has 5 heteroatoms. The topological polar surface area (TPSA) is 48.9 Å². The molecule has 0 amide bonds. The molecule has 0 aromatic heterocycles. The Hall–Kier alpha value is -1.59. The second kappa shape index (κ2) is 10.7. The molecule has 1 aliphatic rings. The van der Waals surface area contributed by atoms with E-state index >= 15 is 0 Å². The van der Waals surface area contributed by atoms with Gasteiger partial charge < -0.3 is 20.3 Å². The van der Waals surface area contributed by atoms with E-state index in [1.807, 2.05) is 7.05 Å². The van der Waals surface area contributed by atoms with Crippen molar-refractivity contribution in [1.29, 1.82) is 0 Å². The van der Waals surface area contributed by atoms with E-state index in [2.05, 4.69) is 71.6 Å². The number of hydrogen-bond acceptors (Lipinski definition) is 3. The molecule has 5 nitrogen and oxygen atoms in total. The van der Waals surface area contributed by atoms with E-state index in [0.29, 0.717) is 12.0 Å². The number of ether oxygens (including phenoxy) is 1. The van der Waals surface area contributed by atoms with Gasteiger partial charge in [0.15, 0.2) is 5.96 Å². The summed E-state index contributed by atoms with van der Waals surface area (Å²) in [6.45, 7) is 10.6. The largest absolute Gasteiger partial charge is 0.384 e. The molecule has 0 bridgehead atoms. The number of rotatable bonds is 9. The summed E-state index contributed by atoms with van der Waals surface area (Å²) in [4.78, 5) is 6.90. The Morgan fingerprint density at radius 2 is 2.00 bits per heavy atom. The lowest BCUT2D eigenvalue weighted by Gasteiger charge is -2.37. The molecule has 152 valence electrons. The lowest BCUT2D eigenvalue weighted by molar-refractivity contribution is 0.157. The van der Waals surface area contributed by atoms with Gasteiger partial charge in [0.25, 0.3) is 0 Å². The molecule has 1 aliphatic heterocycles. The Morgan fingerprint density at radius 3 is 2.59 bits per heavy atom. The minimum Gasteiger partial charge on any atom is -0.384 e. The van der Waals surface area contributed by atoms with Crippen molar-refractivity contribution in [3.05, 3.63) is 35.9 Å². The number of aliphatic imine (C=N–C) groups is 1. The Morgan fingerprint density at radius 1 is 1.30 bits per heavy atom. The van der Waals surface area contributed by atoms with E-state index < -0.39 is 0 Å². The summed E-state index contributed by atoms with van der Waals surface area (Å²) in [5, 5.41) is 7.54. The summed E-state index contributed by atoms with van der Waals surface area (Å²) in [5.74, 6) is 1.61. The van der Waals surface area contributed by atoms with Gasteiger partial charge >= 0.3 is 0 Å². The fourth-order valence-corrected chi connectivity index (χ4v) is 4.02. The number of guanidine groups is 1. The van der Waals surface area contributed by atoms with Crippen LogP contribution in [0.1, 0.15) is 51.6 Å². The number of hydrogen-bond donors (Lipinski definition) is 2. The van der Waals surface area contributed by atoms with Crippen LogP contribution in [-0.4, -0.2) is 56.8 Å². The van der Waals surface area contributed by atoms with Gasteiger partial charge in [-0.15, -0.1) is 0 Å². The van der Waals surface area contributed by atoms with Crippen LogP contribution >= 0.6 is 0 Å². The van der Waals surface area contributed by atoms with Gasteiger partial charge in [-0.1, -0.05) is 44.2 Å². The van der Waals surface area contributed by atoms with Crippen molar-refractivity contribution >= 4 is 5.96 Å². The van der Waals surface area contributed by atoms with Gasteiger partial charge in [0.2, 0.25) is 0 Å². The molecule has 2 rings (SSSR count). The van der Waals surface area contributed by atoms with Crippen molar-refractivity contribution in [1.82, 2.24) is 15.5 Å². The first-order valence-electron chi connectivity index (χ1n) is 10.3. The van der Waals surface area contributed by atoms with Gasteiger partial charge in [0, 0.05) is 51.3 Å². The molecule has 0 spiro atoms.